The van der Waals surface area contributed by atoms with E-state index in [-0.39, 0.29) is 18.0 Å². The van der Waals surface area contributed by atoms with Crippen molar-refractivity contribution in [1.82, 2.24) is 10.2 Å². The average molecular weight is 343 g/mol. The van der Waals surface area contributed by atoms with Gasteiger partial charge in [0.15, 0.2) is 0 Å². The van der Waals surface area contributed by atoms with Crippen molar-refractivity contribution in [1.29, 1.82) is 0 Å². The van der Waals surface area contributed by atoms with Crippen LogP contribution >= 0.6 is 15.9 Å². The molecule has 112 valence electrons. The van der Waals surface area contributed by atoms with E-state index in [9.17, 15) is 9.90 Å². The van der Waals surface area contributed by atoms with E-state index in [1.807, 2.05) is 57.0 Å². The van der Waals surface area contributed by atoms with Gasteiger partial charge < -0.3 is 10.4 Å². The van der Waals surface area contributed by atoms with Crippen LogP contribution in [0.4, 0.5) is 0 Å². The van der Waals surface area contributed by atoms with E-state index in [2.05, 4.69) is 21.2 Å². The number of rotatable bonds is 5. The first-order chi connectivity index (χ1) is 9.17. The molecule has 1 aromatic rings. The minimum atomic E-state index is -0.601. The third-order valence-electron chi connectivity index (χ3n) is 2.67. The highest BCUT2D eigenvalue weighted by Crippen LogP contribution is 2.17. The second kappa shape index (κ2) is 7.20. The summed E-state index contributed by atoms with van der Waals surface area (Å²) in [5.41, 5.74) is 0.610. The van der Waals surface area contributed by atoms with Gasteiger partial charge in [-0.25, -0.2) is 0 Å². The SMILES string of the molecule is CN(CC(=O)NC(C)(C)C)C[C@H](O)c1ccc(Br)cc1. The maximum atomic E-state index is 11.8. The Labute approximate surface area is 129 Å². The van der Waals surface area contributed by atoms with Crippen molar-refractivity contribution >= 4 is 21.8 Å². The van der Waals surface area contributed by atoms with Crippen LogP contribution in [0.3, 0.4) is 0 Å². The molecule has 5 heteroatoms. The summed E-state index contributed by atoms with van der Waals surface area (Å²) < 4.78 is 0.978. The Balaban J connectivity index is 2.47. The summed E-state index contributed by atoms with van der Waals surface area (Å²) in [5, 5.41) is 13.0. The first-order valence-electron chi connectivity index (χ1n) is 6.60. The van der Waals surface area contributed by atoms with Crippen LogP contribution in [0.15, 0.2) is 28.7 Å². The zero-order chi connectivity index (χ0) is 15.3. The molecule has 4 nitrogen and oxygen atoms in total. The summed E-state index contributed by atoms with van der Waals surface area (Å²) >= 11 is 3.36. The summed E-state index contributed by atoms with van der Waals surface area (Å²) in [6.45, 7) is 6.52. The van der Waals surface area contributed by atoms with E-state index in [0.717, 1.165) is 10.0 Å². The van der Waals surface area contributed by atoms with Gasteiger partial charge in [-0.1, -0.05) is 28.1 Å². The second-order valence-electron chi connectivity index (χ2n) is 6.06. The van der Waals surface area contributed by atoms with Crippen molar-refractivity contribution < 1.29 is 9.90 Å². The second-order valence-corrected chi connectivity index (χ2v) is 6.98. The van der Waals surface area contributed by atoms with Crippen LogP contribution in [0.25, 0.3) is 0 Å². The van der Waals surface area contributed by atoms with E-state index in [0.29, 0.717) is 6.54 Å². The fourth-order valence-corrected chi connectivity index (χ4v) is 2.12. The number of aliphatic hydroxyl groups is 1. The Bertz CT molecular complexity index is 440. The zero-order valence-corrected chi connectivity index (χ0v) is 14.1. The van der Waals surface area contributed by atoms with Crippen molar-refractivity contribution in [2.75, 3.05) is 20.1 Å². The van der Waals surface area contributed by atoms with Crippen molar-refractivity contribution in [2.24, 2.45) is 0 Å². The summed E-state index contributed by atoms with van der Waals surface area (Å²) in [6.07, 6.45) is -0.601. The van der Waals surface area contributed by atoms with E-state index < -0.39 is 6.10 Å². The normalized spacial score (nSPS) is 13.3. The predicted molar refractivity (Wildman–Crippen MR) is 84.5 cm³/mol. The fourth-order valence-electron chi connectivity index (χ4n) is 1.85. The molecule has 1 amide bonds. The molecule has 0 aliphatic rings. The summed E-state index contributed by atoms with van der Waals surface area (Å²) in [7, 11) is 1.82. The highest BCUT2D eigenvalue weighted by molar-refractivity contribution is 9.10. The van der Waals surface area contributed by atoms with Crippen molar-refractivity contribution in [2.45, 2.75) is 32.4 Å². The van der Waals surface area contributed by atoms with Crippen LogP contribution in [0, 0.1) is 0 Å². The number of carbonyl (C=O) groups is 1. The molecule has 0 radical (unpaired) electrons. The Kier molecular flexibility index (Phi) is 6.17. The van der Waals surface area contributed by atoms with Crippen LogP contribution in [0.5, 0.6) is 0 Å². The highest BCUT2D eigenvalue weighted by atomic mass is 79.9. The molecule has 1 aromatic carbocycles. The summed E-state index contributed by atoms with van der Waals surface area (Å²) in [4.78, 5) is 13.6. The molecule has 0 aliphatic heterocycles. The average Bonchev–Trinajstić information content (AvgIpc) is 2.26. The lowest BCUT2D eigenvalue weighted by atomic mass is 10.1. The zero-order valence-electron chi connectivity index (χ0n) is 12.5. The van der Waals surface area contributed by atoms with E-state index in [4.69, 9.17) is 0 Å². The largest absolute Gasteiger partial charge is 0.387 e. The monoisotopic (exact) mass is 342 g/mol. The smallest absolute Gasteiger partial charge is 0.234 e. The molecule has 20 heavy (non-hydrogen) atoms. The molecular formula is C15H23BrN2O2. The molecule has 0 aliphatic carbocycles. The maximum Gasteiger partial charge on any atom is 0.234 e. The molecule has 0 spiro atoms. The lowest BCUT2D eigenvalue weighted by molar-refractivity contribution is -0.123. The van der Waals surface area contributed by atoms with E-state index >= 15 is 0 Å². The van der Waals surface area contributed by atoms with Gasteiger partial charge in [-0.3, -0.25) is 9.69 Å². The maximum absolute atomic E-state index is 11.8. The van der Waals surface area contributed by atoms with Crippen molar-refractivity contribution in [3.63, 3.8) is 0 Å². The van der Waals surface area contributed by atoms with Gasteiger partial charge in [0.05, 0.1) is 12.6 Å². The number of aliphatic hydroxyl groups excluding tert-OH is 1. The lowest BCUT2D eigenvalue weighted by Gasteiger charge is -2.24. The Hall–Kier alpha value is -0.910. The summed E-state index contributed by atoms with van der Waals surface area (Å²) in [5.74, 6) is -0.0389. The van der Waals surface area contributed by atoms with Gasteiger partial charge in [0.2, 0.25) is 5.91 Å². The third kappa shape index (κ3) is 6.50. The molecule has 0 saturated carbocycles. The van der Waals surface area contributed by atoms with Crippen LogP contribution in [-0.2, 0) is 4.79 Å². The number of benzene rings is 1. The molecule has 0 aromatic heterocycles. The fraction of sp³-hybridized carbons (Fsp3) is 0.533. The summed E-state index contributed by atoms with van der Waals surface area (Å²) in [6, 6.07) is 7.53. The number of hydrogen-bond acceptors (Lipinski definition) is 3. The van der Waals surface area contributed by atoms with Crippen LogP contribution in [-0.4, -0.2) is 41.6 Å². The third-order valence-corrected chi connectivity index (χ3v) is 3.20. The topological polar surface area (TPSA) is 52.6 Å². The molecule has 0 fully saturated rings. The first-order valence-corrected chi connectivity index (χ1v) is 7.40. The van der Waals surface area contributed by atoms with Crippen LogP contribution < -0.4 is 5.32 Å². The Morgan fingerprint density at radius 2 is 1.90 bits per heavy atom. The number of nitrogens with zero attached hydrogens (tertiary/aromatic N) is 1. The van der Waals surface area contributed by atoms with Crippen LogP contribution in [0.1, 0.15) is 32.4 Å². The van der Waals surface area contributed by atoms with Gasteiger partial charge in [0.1, 0.15) is 0 Å². The number of halogens is 1. The van der Waals surface area contributed by atoms with Gasteiger partial charge in [-0.2, -0.15) is 0 Å². The van der Waals surface area contributed by atoms with Crippen LogP contribution in [0.2, 0.25) is 0 Å². The Morgan fingerprint density at radius 3 is 2.40 bits per heavy atom. The van der Waals surface area contributed by atoms with Gasteiger partial charge >= 0.3 is 0 Å². The van der Waals surface area contributed by atoms with Crippen molar-refractivity contribution in [3.8, 4) is 0 Å². The standard InChI is InChI=1S/C15H23BrN2O2/c1-15(2,3)17-14(20)10-18(4)9-13(19)11-5-7-12(16)8-6-11/h5-8,13,19H,9-10H2,1-4H3,(H,17,20)/t13-/m0/s1. The van der Waals surface area contributed by atoms with Gasteiger partial charge in [-0.15, -0.1) is 0 Å². The number of carbonyl (C=O) groups excluding carboxylic acids is 1. The molecule has 0 bridgehead atoms. The highest BCUT2D eigenvalue weighted by Gasteiger charge is 2.17. The molecule has 0 heterocycles. The van der Waals surface area contributed by atoms with Gasteiger partial charge in [-0.05, 0) is 45.5 Å². The predicted octanol–water partition coefficient (Wildman–Crippen LogP) is 2.33. The van der Waals surface area contributed by atoms with E-state index in [1.165, 1.54) is 0 Å². The minimum absolute atomic E-state index is 0.0389. The lowest BCUT2D eigenvalue weighted by Crippen LogP contribution is -2.45. The minimum Gasteiger partial charge on any atom is -0.387 e. The molecule has 0 saturated heterocycles. The van der Waals surface area contributed by atoms with E-state index in [1.54, 1.807) is 0 Å². The number of hydrogen-bond donors (Lipinski definition) is 2. The first kappa shape index (κ1) is 17.1. The molecule has 0 unspecified atom stereocenters. The van der Waals surface area contributed by atoms with Gasteiger partial charge in [0.25, 0.3) is 0 Å². The quantitative estimate of drug-likeness (QED) is 0.863. The number of nitrogens with one attached hydrogen (secondary N) is 1. The Morgan fingerprint density at radius 1 is 1.35 bits per heavy atom. The molecular weight excluding hydrogens is 320 g/mol. The van der Waals surface area contributed by atoms with Crippen molar-refractivity contribution in [3.05, 3.63) is 34.3 Å². The van der Waals surface area contributed by atoms with Gasteiger partial charge in [0, 0.05) is 16.6 Å². The molecule has 1 atom stereocenters. The molecule has 1 rings (SSSR count). The molecule has 2 N–H and O–H groups in total. The number of amides is 1. The number of likely N-dealkylation sites (N-methyl/N-ethyl adjacent to an activating group) is 1.